The molecule has 6 nitrogen and oxygen atoms in total. The zero-order valence-corrected chi connectivity index (χ0v) is 15.6. The number of nitrogens with zero attached hydrogens (tertiary/aromatic N) is 2. The van der Waals surface area contributed by atoms with Crippen molar-refractivity contribution in [2.45, 2.75) is 19.4 Å². The number of carbonyl (C=O) groups is 2. The molecule has 4 rings (SSSR count). The summed E-state index contributed by atoms with van der Waals surface area (Å²) in [6.45, 7) is 1.84. The van der Waals surface area contributed by atoms with Crippen LogP contribution in [-0.2, 0) is 9.59 Å². The first kappa shape index (κ1) is 18.2. The van der Waals surface area contributed by atoms with Gasteiger partial charge in [0.15, 0.2) is 0 Å². The Kier molecular flexibility index (Phi) is 4.60. The lowest BCUT2D eigenvalue weighted by Crippen LogP contribution is -2.23. The molecule has 2 heterocycles. The summed E-state index contributed by atoms with van der Waals surface area (Å²) in [6.07, 6.45) is -0.0910. The number of aryl methyl sites for hydroxylation is 1. The number of amides is 2. The van der Waals surface area contributed by atoms with Crippen molar-refractivity contribution in [3.63, 3.8) is 0 Å². The van der Waals surface area contributed by atoms with E-state index in [-0.39, 0.29) is 18.2 Å². The molecule has 1 aliphatic rings. The summed E-state index contributed by atoms with van der Waals surface area (Å²) >= 11 is 6.09. The minimum Gasteiger partial charge on any atom is -0.326 e. The molecule has 2 aromatic carbocycles. The second kappa shape index (κ2) is 7.09. The largest absolute Gasteiger partial charge is 0.326 e. The molecule has 2 N–H and O–H groups in total. The third-order valence-corrected chi connectivity index (χ3v) is 4.78. The van der Waals surface area contributed by atoms with Crippen molar-refractivity contribution < 1.29 is 14.0 Å². The maximum atomic E-state index is 13.0. The molecule has 0 saturated carbocycles. The minimum absolute atomic E-state index is 0.0910. The molecule has 1 atom stereocenters. The Morgan fingerprint density at radius 1 is 1.29 bits per heavy atom. The van der Waals surface area contributed by atoms with Crippen LogP contribution in [0.25, 0.3) is 11.1 Å². The summed E-state index contributed by atoms with van der Waals surface area (Å²) in [5, 5.41) is 10.5. The van der Waals surface area contributed by atoms with Crippen molar-refractivity contribution in [1.82, 2.24) is 9.78 Å². The van der Waals surface area contributed by atoms with Crippen molar-refractivity contribution in [1.29, 1.82) is 0 Å². The van der Waals surface area contributed by atoms with Crippen molar-refractivity contribution in [2.75, 3.05) is 10.6 Å². The highest BCUT2D eigenvalue weighted by Crippen LogP contribution is 2.38. The Labute approximate surface area is 165 Å². The van der Waals surface area contributed by atoms with Crippen molar-refractivity contribution in [3.8, 4) is 11.1 Å². The van der Waals surface area contributed by atoms with Crippen LogP contribution in [0.3, 0.4) is 0 Å². The van der Waals surface area contributed by atoms with Gasteiger partial charge in [0.2, 0.25) is 5.91 Å². The highest BCUT2D eigenvalue weighted by atomic mass is 35.5. The van der Waals surface area contributed by atoms with Crippen molar-refractivity contribution in [3.05, 3.63) is 65.1 Å². The zero-order valence-electron chi connectivity index (χ0n) is 14.9. The molecule has 1 aliphatic heterocycles. The molecule has 0 aliphatic carbocycles. The first-order chi connectivity index (χ1) is 13.4. The standard InChI is InChI=1S/C20H16ClFN4O2/c1-11-18(12-3-2-4-13(21)9-12)19-24-20(28)16(26(19)25-11)10-17(27)23-15-7-5-14(22)6-8-15/h2-9,16H,10H2,1H3,(H,23,27)(H,24,28). The molecule has 0 bridgehead atoms. The smallest absolute Gasteiger partial charge is 0.251 e. The maximum Gasteiger partial charge on any atom is 0.251 e. The van der Waals surface area contributed by atoms with Crippen molar-refractivity contribution in [2.24, 2.45) is 0 Å². The predicted molar refractivity (Wildman–Crippen MR) is 105 cm³/mol. The number of hydrogen-bond acceptors (Lipinski definition) is 3. The fourth-order valence-electron chi connectivity index (χ4n) is 3.29. The summed E-state index contributed by atoms with van der Waals surface area (Å²) in [4.78, 5) is 24.8. The number of rotatable bonds is 4. The minimum atomic E-state index is -0.762. The van der Waals surface area contributed by atoms with E-state index < -0.39 is 11.9 Å². The summed E-state index contributed by atoms with van der Waals surface area (Å²) < 4.78 is 14.5. The molecule has 0 spiro atoms. The van der Waals surface area contributed by atoms with E-state index in [1.165, 1.54) is 28.9 Å². The van der Waals surface area contributed by atoms with Gasteiger partial charge in [-0.05, 0) is 48.9 Å². The third-order valence-electron chi connectivity index (χ3n) is 4.54. The highest BCUT2D eigenvalue weighted by Gasteiger charge is 2.36. The SMILES string of the molecule is Cc1nn2c(c1-c1cccc(Cl)c1)NC(=O)C2CC(=O)Nc1ccc(F)cc1. The van der Waals surface area contributed by atoms with Crippen LogP contribution in [0.1, 0.15) is 18.2 Å². The quantitative estimate of drug-likeness (QED) is 0.692. The lowest BCUT2D eigenvalue weighted by molar-refractivity contribution is -0.123. The number of aromatic nitrogens is 2. The lowest BCUT2D eigenvalue weighted by atomic mass is 10.1. The van der Waals surface area contributed by atoms with Gasteiger partial charge in [-0.25, -0.2) is 9.07 Å². The fraction of sp³-hybridized carbons (Fsp3) is 0.150. The van der Waals surface area contributed by atoms with Crippen LogP contribution in [0.4, 0.5) is 15.9 Å². The molecule has 0 fully saturated rings. The van der Waals surface area contributed by atoms with Gasteiger partial charge in [-0.2, -0.15) is 5.10 Å². The Bertz CT molecular complexity index is 1080. The first-order valence-corrected chi connectivity index (χ1v) is 9.01. The molecule has 8 heteroatoms. The summed E-state index contributed by atoms with van der Waals surface area (Å²) in [5.41, 5.74) is 2.79. The van der Waals surface area contributed by atoms with E-state index in [0.717, 1.165) is 16.8 Å². The van der Waals surface area contributed by atoms with E-state index in [9.17, 15) is 14.0 Å². The number of carbonyl (C=O) groups excluding carboxylic acids is 2. The molecule has 1 aromatic heterocycles. The van der Waals surface area contributed by atoms with Gasteiger partial charge in [-0.15, -0.1) is 0 Å². The molecule has 1 unspecified atom stereocenters. The van der Waals surface area contributed by atoms with E-state index >= 15 is 0 Å². The molecular weight excluding hydrogens is 383 g/mol. The van der Waals surface area contributed by atoms with Crippen LogP contribution < -0.4 is 10.6 Å². The Balaban J connectivity index is 1.58. The summed E-state index contributed by atoms with van der Waals surface area (Å²) in [7, 11) is 0. The van der Waals surface area contributed by atoms with Crippen LogP contribution in [0.2, 0.25) is 5.02 Å². The predicted octanol–water partition coefficient (Wildman–Crippen LogP) is 4.17. The van der Waals surface area contributed by atoms with Gasteiger partial charge in [0.1, 0.15) is 17.7 Å². The molecule has 2 amide bonds. The maximum absolute atomic E-state index is 13.0. The molecule has 142 valence electrons. The zero-order chi connectivity index (χ0) is 19.8. The Morgan fingerprint density at radius 3 is 2.75 bits per heavy atom. The van der Waals surface area contributed by atoms with Crippen LogP contribution in [-0.4, -0.2) is 21.6 Å². The van der Waals surface area contributed by atoms with E-state index in [1.807, 2.05) is 19.1 Å². The van der Waals surface area contributed by atoms with Crippen LogP contribution in [0.15, 0.2) is 48.5 Å². The number of benzene rings is 2. The summed E-state index contributed by atoms with van der Waals surface area (Å²) in [5.74, 6) is -0.514. The van der Waals surface area contributed by atoms with Crippen molar-refractivity contribution >= 4 is 34.9 Å². The van der Waals surface area contributed by atoms with Crippen LogP contribution in [0.5, 0.6) is 0 Å². The number of hydrogen-bond donors (Lipinski definition) is 2. The average molecular weight is 399 g/mol. The second-order valence-corrected chi connectivity index (χ2v) is 6.96. The van der Waals surface area contributed by atoms with E-state index in [2.05, 4.69) is 15.7 Å². The van der Waals surface area contributed by atoms with Crippen LogP contribution >= 0.6 is 11.6 Å². The Hall–Kier alpha value is -3.19. The molecular formula is C20H16ClFN4O2. The fourth-order valence-corrected chi connectivity index (χ4v) is 3.48. The lowest BCUT2D eigenvalue weighted by Gasteiger charge is -2.10. The number of halogens is 2. The topological polar surface area (TPSA) is 76.0 Å². The van der Waals surface area contributed by atoms with Gasteiger partial charge >= 0.3 is 0 Å². The average Bonchev–Trinajstić information content (AvgIpc) is 3.11. The third kappa shape index (κ3) is 3.36. The van der Waals surface area contributed by atoms with Gasteiger partial charge < -0.3 is 10.6 Å². The van der Waals surface area contributed by atoms with Gasteiger partial charge in [0.05, 0.1) is 12.1 Å². The summed E-state index contributed by atoms with van der Waals surface area (Å²) in [6, 6.07) is 11.9. The highest BCUT2D eigenvalue weighted by molar-refractivity contribution is 6.30. The number of nitrogens with one attached hydrogen (secondary N) is 2. The molecule has 0 radical (unpaired) electrons. The van der Waals surface area contributed by atoms with E-state index in [4.69, 9.17) is 11.6 Å². The van der Waals surface area contributed by atoms with Crippen LogP contribution in [0, 0.1) is 12.7 Å². The molecule has 0 saturated heterocycles. The Morgan fingerprint density at radius 2 is 2.04 bits per heavy atom. The van der Waals surface area contributed by atoms with E-state index in [1.54, 1.807) is 12.1 Å². The monoisotopic (exact) mass is 398 g/mol. The number of fused-ring (bicyclic) bond motifs is 1. The first-order valence-electron chi connectivity index (χ1n) is 8.63. The van der Waals surface area contributed by atoms with Gasteiger partial charge in [-0.1, -0.05) is 23.7 Å². The van der Waals surface area contributed by atoms with Gasteiger partial charge in [0.25, 0.3) is 5.91 Å². The van der Waals surface area contributed by atoms with E-state index in [0.29, 0.717) is 16.5 Å². The molecule has 3 aromatic rings. The molecule has 28 heavy (non-hydrogen) atoms. The van der Waals surface area contributed by atoms with Gasteiger partial charge in [0, 0.05) is 16.3 Å². The second-order valence-electron chi connectivity index (χ2n) is 6.53. The van der Waals surface area contributed by atoms with Gasteiger partial charge in [-0.3, -0.25) is 9.59 Å². The normalized spacial score (nSPS) is 15.2. The number of anilines is 2.